The minimum Gasteiger partial charge on any atom is -0.494 e. The lowest BCUT2D eigenvalue weighted by atomic mass is 10.1. The summed E-state index contributed by atoms with van der Waals surface area (Å²) in [6, 6.07) is 18.7. The van der Waals surface area contributed by atoms with Crippen molar-refractivity contribution in [2.24, 2.45) is 0 Å². The Balaban J connectivity index is 1.73. The number of benzene rings is 3. The third kappa shape index (κ3) is 4.99. The molecule has 0 bridgehead atoms. The molecule has 0 heterocycles. The number of hydrogen-bond donors (Lipinski definition) is 2. The van der Waals surface area contributed by atoms with E-state index in [9.17, 15) is 19.7 Å². The first kappa shape index (κ1) is 20.5. The molecule has 3 rings (SSSR count). The minimum atomic E-state index is -0.539. The lowest BCUT2D eigenvalue weighted by Crippen LogP contribution is -2.18. The molecule has 0 aliphatic carbocycles. The first-order chi connectivity index (χ1) is 14.5. The second-order valence-electron chi connectivity index (χ2n) is 6.22. The first-order valence-electron chi connectivity index (χ1n) is 9.17. The fourth-order valence-electron chi connectivity index (χ4n) is 2.72. The zero-order valence-electron chi connectivity index (χ0n) is 16.1. The average molecular weight is 405 g/mol. The summed E-state index contributed by atoms with van der Waals surface area (Å²) in [5.74, 6) is -0.170. The van der Waals surface area contributed by atoms with E-state index in [2.05, 4.69) is 10.6 Å². The number of amides is 2. The van der Waals surface area contributed by atoms with Crippen molar-refractivity contribution in [1.29, 1.82) is 0 Å². The van der Waals surface area contributed by atoms with Crippen LogP contribution in [0.5, 0.6) is 5.75 Å². The molecule has 0 aliphatic rings. The second-order valence-corrected chi connectivity index (χ2v) is 6.22. The van der Waals surface area contributed by atoms with Crippen LogP contribution in [0.15, 0.2) is 72.8 Å². The van der Waals surface area contributed by atoms with Crippen molar-refractivity contribution in [3.63, 3.8) is 0 Å². The molecule has 152 valence electrons. The summed E-state index contributed by atoms with van der Waals surface area (Å²) < 4.78 is 5.38. The highest BCUT2D eigenvalue weighted by molar-refractivity contribution is 6.12. The van der Waals surface area contributed by atoms with Crippen molar-refractivity contribution in [3.8, 4) is 5.75 Å². The lowest BCUT2D eigenvalue weighted by molar-refractivity contribution is -0.384. The minimum absolute atomic E-state index is 0.110. The number of non-ortho nitro benzene ring substituents is 1. The number of ether oxygens (including phenoxy) is 1. The topological polar surface area (TPSA) is 111 Å². The normalized spacial score (nSPS) is 10.2. The Hall–Kier alpha value is -4.20. The fraction of sp³-hybridized carbons (Fsp3) is 0.0909. The third-order valence-corrected chi connectivity index (χ3v) is 4.18. The summed E-state index contributed by atoms with van der Waals surface area (Å²) >= 11 is 0. The summed E-state index contributed by atoms with van der Waals surface area (Å²) in [6.07, 6.45) is 0. The van der Waals surface area contributed by atoms with Crippen LogP contribution in [0.4, 0.5) is 17.1 Å². The van der Waals surface area contributed by atoms with Crippen molar-refractivity contribution >= 4 is 28.9 Å². The number of nitrogens with zero attached hydrogens (tertiary/aromatic N) is 1. The molecule has 2 N–H and O–H groups in total. The quantitative estimate of drug-likeness (QED) is 0.444. The van der Waals surface area contributed by atoms with Crippen LogP contribution < -0.4 is 15.4 Å². The van der Waals surface area contributed by atoms with Crippen molar-refractivity contribution < 1.29 is 19.2 Å². The molecule has 0 saturated heterocycles. The summed E-state index contributed by atoms with van der Waals surface area (Å²) in [7, 11) is 0. The highest BCUT2D eigenvalue weighted by atomic mass is 16.6. The highest BCUT2D eigenvalue weighted by Gasteiger charge is 2.15. The summed E-state index contributed by atoms with van der Waals surface area (Å²) in [5, 5.41) is 16.2. The van der Waals surface area contributed by atoms with E-state index in [1.807, 2.05) is 6.92 Å². The molecule has 8 heteroatoms. The molecule has 0 aromatic heterocycles. The Labute approximate surface area is 172 Å². The number of nitro groups is 1. The van der Waals surface area contributed by atoms with Crippen LogP contribution in [0.3, 0.4) is 0 Å². The van der Waals surface area contributed by atoms with Gasteiger partial charge in [-0.25, -0.2) is 0 Å². The molecule has 0 radical (unpaired) electrons. The number of nitrogens with one attached hydrogen (secondary N) is 2. The van der Waals surface area contributed by atoms with Crippen LogP contribution in [0, 0.1) is 10.1 Å². The van der Waals surface area contributed by atoms with E-state index in [1.54, 1.807) is 48.5 Å². The molecule has 0 saturated carbocycles. The summed E-state index contributed by atoms with van der Waals surface area (Å²) in [6.45, 7) is 2.44. The molecular weight excluding hydrogens is 386 g/mol. The molecule has 8 nitrogen and oxygen atoms in total. The van der Waals surface area contributed by atoms with Gasteiger partial charge in [0, 0.05) is 23.4 Å². The molecule has 0 unspecified atom stereocenters. The first-order valence-corrected chi connectivity index (χ1v) is 9.17. The van der Waals surface area contributed by atoms with Gasteiger partial charge in [-0.3, -0.25) is 19.7 Å². The Morgan fingerprint density at radius 3 is 2.20 bits per heavy atom. The van der Waals surface area contributed by atoms with Crippen LogP contribution >= 0.6 is 0 Å². The number of hydrogen-bond acceptors (Lipinski definition) is 5. The van der Waals surface area contributed by atoms with Crippen molar-refractivity contribution in [3.05, 3.63) is 94.0 Å². The Bertz CT molecular complexity index is 1060. The van der Waals surface area contributed by atoms with Crippen molar-refractivity contribution in [1.82, 2.24) is 0 Å². The van der Waals surface area contributed by atoms with E-state index in [0.29, 0.717) is 23.7 Å². The van der Waals surface area contributed by atoms with Gasteiger partial charge >= 0.3 is 0 Å². The van der Waals surface area contributed by atoms with E-state index >= 15 is 0 Å². The molecule has 0 spiro atoms. The molecule has 0 fully saturated rings. The van der Waals surface area contributed by atoms with Gasteiger partial charge in [-0.1, -0.05) is 12.1 Å². The van der Waals surface area contributed by atoms with Gasteiger partial charge in [0.05, 0.1) is 22.8 Å². The molecular formula is C22H19N3O5. The SMILES string of the molecule is CCOc1ccc(NC(=O)c2ccccc2NC(=O)c2ccc([N+](=O)[O-])cc2)cc1. The fourth-order valence-corrected chi connectivity index (χ4v) is 2.72. The van der Waals surface area contributed by atoms with Gasteiger partial charge < -0.3 is 15.4 Å². The van der Waals surface area contributed by atoms with Crippen molar-refractivity contribution in [2.45, 2.75) is 6.92 Å². The largest absolute Gasteiger partial charge is 0.494 e. The molecule has 0 aliphatic heterocycles. The zero-order chi connectivity index (χ0) is 21.5. The van der Waals surface area contributed by atoms with Crippen LogP contribution in [0.2, 0.25) is 0 Å². The maximum atomic E-state index is 12.7. The van der Waals surface area contributed by atoms with E-state index in [-0.39, 0.29) is 16.8 Å². The molecule has 0 atom stereocenters. The Morgan fingerprint density at radius 1 is 0.900 bits per heavy atom. The van der Waals surface area contributed by atoms with Gasteiger partial charge in [-0.2, -0.15) is 0 Å². The molecule has 30 heavy (non-hydrogen) atoms. The predicted molar refractivity (Wildman–Crippen MR) is 113 cm³/mol. The summed E-state index contributed by atoms with van der Waals surface area (Å²) in [4.78, 5) is 35.4. The van der Waals surface area contributed by atoms with Gasteiger partial charge in [0.15, 0.2) is 0 Å². The number of anilines is 2. The van der Waals surface area contributed by atoms with E-state index in [1.165, 1.54) is 24.3 Å². The maximum Gasteiger partial charge on any atom is 0.269 e. The predicted octanol–water partition coefficient (Wildman–Crippen LogP) is 4.50. The number of nitro benzene ring substituents is 1. The maximum absolute atomic E-state index is 12.7. The second kappa shape index (κ2) is 9.33. The van der Waals surface area contributed by atoms with Gasteiger partial charge in [-0.15, -0.1) is 0 Å². The van der Waals surface area contributed by atoms with Crippen molar-refractivity contribution in [2.75, 3.05) is 17.2 Å². The summed E-state index contributed by atoms with van der Waals surface area (Å²) in [5.41, 5.74) is 1.31. The lowest BCUT2D eigenvalue weighted by Gasteiger charge is -2.12. The van der Waals surface area contributed by atoms with Gasteiger partial charge in [0.2, 0.25) is 0 Å². The Morgan fingerprint density at radius 2 is 1.57 bits per heavy atom. The highest BCUT2D eigenvalue weighted by Crippen LogP contribution is 2.21. The van der Waals surface area contributed by atoms with E-state index in [4.69, 9.17) is 4.74 Å². The smallest absolute Gasteiger partial charge is 0.269 e. The van der Waals surface area contributed by atoms with Gasteiger partial charge in [0.25, 0.3) is 17.5 Å². The standard InChI is InChI=1S/C22H19N3O5/c1-2-30-18-13-9-16(10-14-18)23-22(27)19-5-3-4-6-20(19)24-21(26)15-7-11-17(12-8-15)25(28)29/h3-14H,2H2,1H3,(H,23,27)(H,24,26). The monoisotopic (exact) mass is 405 g/mol. The third-order valence-electron chi connectivity index (χ3n) is 4.18. The average Bonchev–Trinajstić information content (AvgIpc) is 2.75. The van der Waals surface area contributed by atoms with Gasteiger partial charge in [-0.05, 0) is 55.5 Å². The number of carbonyl (C=O) groups is 2. The number of carbonyl (C=O) groups excluding carboxylic acids is 2. The van der Waals surface area contributed by atoms with Crippen LogP contribution in [0.1, 0.15) is 27.6 Å². The number of para-hydroxylation sites is 1. The molecule has 3 aromatic rings. The van der Waals surface area contributed by atoms with E-state index < -0.39 is 16.7 Å². The van der Waals surface area contributed by atoms with Crippen LogP contribution in [-0.2, 0) is 0 Å². The van der Waals surface area contributed by atoms with E-state index in [0.717, 1.165) is 0 Å². The molecule has 2 amide bonds. The zero-order valence-corrected chi connectivity index (χ0v) is 16.1. The number of rotatable bonds is 7. The Kier molecular flexibility index (Phi) is 6.39. The molecule has 3 aromatic carbocycles. The van der Waals surface area contributed by atoms with Crippen LogP contribution in [0.25, 0.3) is 0 Å². The van der Waals surface area contributed by atoms with Gasteiger partial charge in [0.1, 0.15) is 5.75 Å². The van der Waals surface area contributed by atoms with Crippen LogP contribution in [-0.4, -0.2) is 23.3 Å².